The van der Waals surface area contributed by atoms with E-state index in [-0.39, 0.29) is 12.4 Å². The van der Waals surface area contributed by atoms with Crippen molar-refractivity contribution in [3.8, 4) is 11.5 Å². The number of ether oxygens (including phenoxy) is 1. The standard InChI is InChI=1S/C27H24N2O.ClH/c1-18-22-15-16-29(26-14-11-19-7-5-6-10-23(19)26)27(22)24-17-21(12-13-25(24)28-18)30-20-8-3-2-4-9-20;/h2-10,12-13,17,26H,11,14-16H2,1H3;1H. The highest BCUT2D eigenvalue weighted by Crippen LogP contribution is 2.46. The Balaban J connectivity index is 0.00000204. The van der Waals surface area contributed by atoms with Crippen LogP contribution in [0.4, 0.5) is 5.69 Å². The van der Waals surface area contributed by atoms with Crippen LogP contribution in [-0.4, -0.2) is 11.5 Å². The fourth-order valence-corrected chi connectivity index (χ4v) is 5.21. The minimum atomic E-state index is 0. The molecular formula is C27H25ClN2O. The Morgan fingerprint density at radius 3 is 2.58 bits per heavy atom. The van der Waals surface area contributed by atoms with Crippen LogP contribution in [0.2, 0.25) is 0 Å². The Bertz CT molecular complexity index is 1260. The summed E-state index contributed by atoms with van der Waals surface area (Å²) in [6.07, 6.45) is 3.41. The van der Waals surface area contributed by atoms with E-state index in [2.05, 4.69) is 48.2 Å². The molecule has 2 heterocycles. The summed E-state index contributed by atoms with van der Waals surface area (Å²) < 4.78 is 6.15. The minimum Gasteiger partial charge on any atom is -0.457 e. The maximum Gasteiger partial charge on any atom is 0.128 e. The van der Waals surface area contributed by atoms with Gasteiger partial charge in [0, 0.05) is 17.6 Å². The van der Waals surface area contributed by atoms with E-state index in [1.807, 2.05) is 36.4 Å². The molecule has 3 nitrogen and oxygen atoms in total. The summed E-state index contributed by atoms with van der Waals surface area (Å²) in [6.45, 7) is 3.21. The van der Waals surface area contributed by atoms with Crippen LogP contribution in [0.1, 0.15) is 34.8 Å². The fourth-order valence-electron chi connectivity index (χ4n) is 5.21. The summed E-state index contributed by atoms with van der Waals surface area (Å²) in [7, 11) is 0. The van der Waals surface area contributed by atoms with Gasteiger partial charge < -0.3 is 9.64 Å². The molecule has 1 aliphatic carbocycles. The van der Waals surface area contributed by atoms with E-state index >= 15 is 0 Å². The molecule has 0 saturated carbocycles. The Morgan fingerprint density at radius 1 is 0.903 bits per heavy atom. The van der Waals surface area contributed by atoms with Gasteiger partial charge in [-0.25, -0.2) is 0 Å². The van der Waals surface area contributed by atoms with Crippen LogP contribution in [0.15, 0.2) is 72.8 Å². The SMILES string of the molecule is Cc1nc2ccc(Oc3ccccc3)cc2c2c1CCN2C1CCc2ccccc21.Cl. The number of hydrogen-bond acceptors (Lipinski definition) is 3. The largest absolute Gasteiger partial charge is 0.457 e. The minimum absolute atomic E-state index is 0. The van der Waals surface area contributed by atoms with Gasteiger partial charge in [-0.15, -0.1) is 12.4 Å². The Hall–Kier alpha value is -3.04. The summed E-state index contributed by atoms with van der Waals surface area (Å²) in [5.74, 6) is 1.72. The second kappa shape index (κ2) is 7.90. The first-order chi connectivity index (χ1) is 14.8. The van der Waals surface area contributed by atoms with Crippen molar-refractivity contribution in [3.63, 3.8) is 0 Å². The third-order valence-electron chi connectivity index (χ3n) is 6.58. The number of pyridine rings is 1. The highest BCUT2D eigenvalue weighted by molar-refractivity contribution is 5.96. The van der Waals surface area contributed by atoms with Crippen molar-refractivity contribution in [2.75, 3.05) is 11.4 Å². The number of rotatable bonds is 3. The van der Waals surface area contributed by atoms with Gasteiger partial charge in [-0.05, 0) is 73.2 Å². The quantitative estimate of drug-likeness (QED) is 0.358. The molecule has 3 aromatic carbocycles. The third kappa shape index (κ3) is 3.34. The second-order valence-electron chi connectivity index (χ2n) is 8.32. The maximum absolute atomic E-state index is 6.15. The predicted molar refractivity (Wildman–Crippen MR) is 129 cm³/mol. The van der Waals surface area contributed by atoms with Gasteiger partial charge in [-0.1, -0.05) is 42.5 Å². The number of halogens is 1. The highest BCUT2D eigenvalue weighted by atomic mass is 35.5. The summed E-state index contributed by atoms with van der Waals surface area (Å²) in [5, 5.41) is 1.20. The van der Waals surface area contributed by atoms with Crippen molar-refractivity contribution >= 4 is 29.0 Å². The molecule has 0 spiro atoms. The molecule has 0 fully saturated rings. The molecule has 4 aromatic rings. The molecule has 1 aromatic heterocycles. The van der Waals surface area contributed by atoms with Crippen molar-refractivity contribution in [1.29, 1.82) is 0 Å². The molecular weight excluding hydrogens is 404 g/mol. The summed E-state index contributed by atoms with van der Waals surface area (Å²) in [6, 6.07) is 25.7. The molecule has 1 aliphatic heterocycles. The number of fused-ring (bicyclic) bond motifs is 4. The lowest BCUT2D eigenvalue weighted by molar-refractivity contribution is 0.483. The molecule has 0 amide bonds. The zero-order valence-electron chi connectivity index (χ0n) is 17.5. The Morgan fingerprint density at radius 2 is 1.71 bits per heavy atom. The van der Waals surface area contributed by atoms with Crippen molar-refractivity contribution in [3.05, 3.63) is 95.2 Å². The Kier molecular flexibility index (Phi) is 5.07. The average Bonchev–Trinajstić information content (AvgIpc) is 3.40. The summed E-state index contributed by atoms with van der Waals surface area (Å²) >= 11 is 0. The molecule has 156 valence electrons. The number of anilines is 1. The monoisotopic (exact) mass is 428 g/mol. The molecule has 1 atom stereocenters. The van der Waals surface area contributed by atoms with Crippen molar-refractivity contribution in [2.24, 2.45) is 0 Å². The third-order valence-corrected chi connectivity index (χ3v) is 6.58. The molecule has 0 radical (unpaired) electrons. The molecule has 0 bridgehead atoms. The van der Waals surface area contributed by atoms with Gasteiger partial charge >= 0.3 is 0 Å². The van der Waals surface area contributed by atoms with Gasteiger partial charge in [0.05, 0.1) is 17.2 Å². The number of nitrogens with zero attached hydrogens (tertiary/aromatic N) is 2. The number of aromatic nitrogens is 1. The number of para-hydroxylation sites is 1. The molecule has 31 heavy (non-hydrogen) atoms. The topological polar surface area (TPSA) is 25.4 Å². The van der Waals surface area contributed by atoms with E-state index in [1.54, 1.807) is 0 Å². The van der Waals surface area contributed by atoms with E-state index in [1.165, 1.54) is 34.2 Å². The van der Waals surface area contributed by atoms with Gasteiger partial charge in [0.15, 0.2) is 0 Å². The van der Waals surface area contributed by atoms with Crippen LogP contribution in [0.5, 0.6) is 11.5 Å². The van der Waals surface area contributed by atoms with E-state index in [4.69, 9.17) is 9.72 Å². The first kappa shape index (κ1) is 19.9. The first-order valence-electron chi connectivity index (χ1n) is 10.8. The Labute approximate surface area is 189 Å². The molecule has 0 N–H and O–H groups in total. The van der Waals surface area contributed by atoms with Gasteiger partial charge in [0.25, 0.3) is 0 Å². The van der Waals surface area contributed by atoms with Crippen LogP contribution in [0.25, 0.3) is 10.9 Å². The van der Waals surface area contributed by atoms with Crippen LogP contribution >= 0.6 is 12.4 Å². The summed E-state index contributed by atoms with van der Waals surface area (Å²) in [5.41, 5.74) is 7.94. The van der Waals surface area contributed by atoms with Crippen LogP contribution in [0.3, 0.4) is 0 Å². The molecule has 0 saturated heterocycles. The molecule has 1 unspecified atom stereocenters. The maximum atomic E-state index is 6.15. The van der Waals surface area contributed by atoms with Crippen LogP contribution in [-0.2, 0) is 12.8 Å². The zero-order chi connectivity index (χ0) is 20.1. The zero-order valence-corrected chi connectivity index (χ0v) is 18.4. The normalized spacial score (nSPS) is 16.7. The smallest absolute Gasteiger partial charge is 0.128 e. The molecule has 2 aliphatic rings. The number of benzene rings is 3. The fraction of sp³-hybridized carbons (Fsp3) is 0.222. The molecule has 4 heteroatoms. The average molecular weight is 429 g/mol. The highest BCUT2D eigenvalue weighted by Gasteiger charge is 2.34. The first-order valence-corrected chi connectivity index (χ1v) is 10.8. The lowest BCUT2D eigenvalue weighted by atomic mass is 10.0. The van der Waals surface area contributed by atoms with E-state index in [0.717, 1.165) is 42.1 Å². The van der Waals surface area contributed by atoms with Gasteiger partial charge in [0.2, 0.25) is 0 Å². The lowest BCUT2D eigenvalue weighted by Gasteiger charge is -2.29. The van der Waals surface area contributed by atoms with E-state index in [0.29, 0.717) is 6.04 Å². The van der Waals surface area contributed by atoms with Crippen molar-refractivity contribution in [2.45, 2.75) is 32.2 Å². The summed E-state index contributed by atoms with van der Waals surface area (Å²) in [4.78, 5) is 7.55. The number of aryl methyl sites for hydroxylation is 2. The van der Waals surface area contributed by atoms with Gasteiger partial charge in [-0.2, -0.15) is 0 Å². The van der Waals surface area contributed by atoms with Crippen molar-refractivity contribution in [1.82, 2.24) is 4.98 Å². The van der Waals surface area contributed by atoms with Crippen LogP contribution < -0.4 is 9.64 Å². The lowest BCUT2D eigenvalue weighted by Crippen LogP contribution is -2.25. The predicted octanol–water partition coefficient (Wildman–Crippen LogP) is 6.81. The van der Waals surface area contributed by atoms with Gasteiger partial charge in [0.1, 0.15) is 11.5 Å². The second-order valence-corrected chi connectivity index (χ2v) is 8.32. The van der Waals surface area contributed by atoms with Crippen molar-refractivity contribution < 1.29 is 4.74 Å². The number of hydrogen-bond donors (Lipinski definition) is 0. The van der Waals surface area contributed by atoms with E-state index < -0.39 is 0 Å². The molecule has 6 rings (SSSR count). The van der Waals surface area contributed by atoms with Gasteiger partial charge in [-0.3, -0.25) is 4.98 Å². The van der Waals surface area contributed by atoms with Crippen LogP contribution in [0, 0.1) is 6.92 Å². The van der Waals surface area contributed by atoms with E-state index in [9.17, 15) is 0 Å².